The predicted octanol–water partition coefficient (Wildman–Crippen LogP) is 1.78. The number of ether oxygens (including phenoxy) is 1. The number of carbonyl (C=O) groups is 1. The quantitative estimate of drug-likeness (QED) is 0.680. The minimum absolute atomic E-state index is 0.0798. The van der Waals surface area contributed by atoms with E-state index in [0.717, 1.165) is 0 Å². The molecule has 2 aromatic heterocycles. The van der Waals surface area contributed by atoms with E-state index in [0.29, 0.717) is 11.6 Å². The number of nitrogens with one attached hydrogen (secondary N) is 1. The van der Waals surface area contributed by atoms with Gasteiger partial charge in [0.25, 0.3) is 0 Å². The Kier molecular flexibility index (Phi) is 4.55. The third kappa shape index (κ3) is 3.39. The normalized spacial score (nSPS) is 10.5. The van der Waals surface area contributed by atoms with Crippen molar-refractivity contribution in [2.75, 3.05) is 18.2 Å². The summed E-state index contributed by atoms with van der Waals surface area (Å²) in [5, 5.41) is 7.02. The van der Waals surface area contributed by atoms with Crippen molar-refractivity contribution >= 4 is 17.5 Å². The first-order valence-corrected chi connectivity index (χ1v) is 7.31. The molecule has 0 radical (unpaired) electrons. The number of esters is 1. The Hall–Kier alpha value is -3.49. The van der Waals surface area contributed by atoms with Crippen molar-refractivity contribution in [3.8, 4) is 5.82 Å². The zero-order valence-corrected chi connectivity index (χ0v) is 13.3. The highest BCUT2D eigenvalue weighted by molar-refractivity contribution is 5.89. The molecule has 1 aromatic carbocycles. The number of rotatable bonds is 5. The molecule has 128 valence electrons. The van der Waals surface area contributed by atoms with E-state index in [4.69, 9.17) is 5.73 Å². The number of anilines is 2. The van der Waals surface area contributed by atoms with E-state index in [9.17, 15) is 9.18 Å². The van der Waals surface area contributed by atoms with E-state index in [1.807, 2.05) is 0 Å². The van der Waals surface area contributed by atoms with Crippen LogP contribution in [0.15, 0.2) is 43.0 Å². The lowest BCUT2D eigenvalue weighted by atomic mass is 10.1. The summed E-state index contributed by atoms with van der Waals surface area (Å²) in [6.07, 6.45) is 4.63. The van der Waals surface area contributed by atoms with Crippen molar-refractivity contribution in [1.82, 2.24) is 19.7 Å². The molecule has 0 bridgehead atoms. The van der Waals surface area contributed by atoms with Gasteiger partial charge in [0.1, 0.15) is 17.8 Å². The molecule has 0 aliphatic rings. The zero-order valence-electron chi connectivity index (χ0n) is 13.3. The van der Waals surface area contributed by atoms with Gasteiger partial charge < -0.3 is 15.8 Å². The second-order valence-corrected chi connectivity index (χ2v) is 5.06. The highest BCUT2D eigenvalue weighted by Crippen LogP contribution is 2.22. The van der Waals surface area contributed by atoms with Gasteiger partial charge in [-0.05, 0) is 24.3 Å². The van der Waals surface area contributed by atoms with Gasteiger partial charge in [0, 0.05) is 24.5 Å². The van der Waals surface area contributed by atoms with Gasteiger partial charge in [0.2, 0.25) is 0 Å². The molecule has 0 aliphatic carbocycles. The third-order valence-corrected chi connectivity index (χ3v) is 3.50. The van der Waals surface area contributed by atoms with Crippen LogP contribution in [-0.4, -0.2) is 32.8 Å². The Morgan fingerprint density at radius 1 is 1.40 bits per heavy atom. The Labute approximate surface area is 142 Å². The topological polar surface area (TPSA) is 108 Å². The first kappa shape index (κ1) is 16.4. The fraction of sp³-hybridized carbons (Fsp3) is 0.125. The molecule has 25 heavy (non-hydrogen) atoms. The third-order valence-electron chi connectivity index (χ3n) is 3.50. The maximum Gasteiger partial charge on any atom is 0.337 e. The van der Waals surface area contributed by atoms with Crippen molar-refractivity contribution in [2.45, 2.75) is 6.54 Å². The maximum atomic E-state index is 14.0. The van der Waals surface area contributed by atoms with E-state index in [1.165, 1.54) is 36.3 Å². The summed E-state index contributed by atoms with van der Waals surface area (Å²) in [5.41, 5.74) is 6.87. The van der Waals surface area contributed by atoms with Crippen molar-refractivity contribution in [3.05, 3.63) is 59.9 Å². The lowest BCUT2D eigenvalue weighted by Gasteiger charge is -2.12. The first-order valence-electron chi connectivity index (χ1n) is 7.31. The molecular formula is C16H15FN6O2. The fourth-order valence-corrected chi connectivity index (χ4v) is 2.24. The van der Waals surface area contributed by atoms with E-state index >= 15 is 0 Å². The monoisotopic (exact) mass is 342 g/mol. The maximum absolute atomic E-state index is 14.0. The molecule has 0 unspecified atom stereocenters. The largest absolute Gasteiger partial charge is 0.465 e. The van der Waals surface area contributed by atoms with Crippen LogP contribution >= 0.6 is 0 Å². The molecule has 0 saturated heterocycles. The molecule has 3 N–H and O–H groups in total. The van der Waals surface area contributed by atoms with Crippen LogP contribution in [0.3, 0.4) is 0 Å². The number of hydrogen-bond donors (Lipinski definition) is 2. The number of carbonyl (C=O) groups excluding carboxylic acids is 1. The van der Waals surface area contributed by atoms with Crippen LogP contribution in [0.2, 0.25) is 0 Å². The molecule has 8 nitrogen and oxygen atoms in total. The molecule has 0 saturated carbocycles. The van der Waals surface area contributed by atoms with E-state index < -0.39 is 11.8 Å². The number of nitrogen functional groups attached to an aromatic ring is 1. The lowest BCUT2D eigenvalue weighted by Crippen LogP contribution is -2.11. The second-order valence-electron chi connectivity index (χ2n) is 5.06. The van der Waals surface area contributed by atoms with Crippen LogP contribution in [0.1, 0.15) is 15.9 Å². The summed E-state index contributed by atoms with van der Waals surface area (Å²) >= 11 is 0. The number of aromatic nitrogens is 4. The van der Waals surface area contributed by atoms with Crippen molar-refractivity contribution in [1.29, 1.82) is 0 Å². The van der Waals surface area contributed by atoms with Crippen LogP contribution in [0, 0.1) is 5.82 Å². The molecular weight excluding hydrogens is 327 g/mol. The number of methoxy groups -OCH3 is 1. The van der Waals surface area contributed by atoms with Gasteiger partial charge in [-0.25, -0.2) is 23.8 Å². The van der Waals surface area contributed by atoms with E-state index in [2.05, 4.69) is 25.1 Å². The molecule has 9 heteroatoms. The summed E-state index contributed by atoms with van der Waals surface area (Å²) < 4.78 is 20.1. The Balaban J connectivity index is 1.83. The number of nitrogens with two attached hydrogens (primary N) is 1. The number of benzene rings is 1. The van der Waals surface area contributed by atoms with Gasteiger partial charge in [-0.3, -0.25) is 0 Å². The number of hydrogen-bond acceptors (Lipinski definition) is 7. The van der Waals surface area contributed by atoms with Crippen molar-refractivity contribution < 1.29 is 13.9 Å². The molecule has 3 aromatic rings. The SMILES string of the molecule is COC(=O)c1ccc(F)c(CNc2ncnc(-n3cccn3)c2N)c1. The minimum Gasteiger partial charge on any atom is -0.465 e. The van der Waals surface area contributed by atoms with Crippen LogP contribution in [-0.2, 0) is 11.3 Å². The van der Waals surface area contributed by atoms with Gasteiger partial charge in [0.05, 0.1) is 12.7 Å². The van der Waals surface area contributed by atoms with Crippen molar-refractivity contribution in [2.24, 2.45) is 0 Å². The molecule has 0 amide bonds. The first-order chi connectivity index (χ1) is 12.1. The average Bonchev–Trinajstić information content (AvgIpc) is 3.15. The van der Waals surface area contributed by atoms with Crippen molar-refractivity contribution in [3.63, 3.8) is 0 Å². The Morgan fingerprint density at radius 3 is 2.96 bits per heavy atom. The summed E-state index contributed by atoms with van der Waals surface area (Å²) in [5.74, 6) is -0.251. The zero-order chi connectivity index (χ0) is 17.8. The molecule has 3 rings (SSSR count). The predicted molar refractivity (Wildman–Crippen MR) is 88.6 cm³/mol. The second kappa shape index (κ2) is 6.95. The highest BCUT2D eigenvalue weighted by Gasteiger charge is 2.13. The van der Waals surface area contributed by atoms with Crippen LogP contribution in [0.5, 0.6) is 0 Å². The van der Waals surface area contributed by atoms with Gasteiger partial charge in [-0.1, -0.05) is 0 Å². The highest BCUT2D eigenvalue weighted by atomic mass is 19.1. The standard InChI is InChI=1S/C16H15FN6O2/c1-25-16(24)10-3-4-12(17)11(7-10)8-19-14-13(18)15(21-9-20-14)23-6-2-5-22-23/h2-7,9H,8,18H2,1H3,(H,19,20,21). The summed E-state index contributed by atoms with van der Waals surface area (Å²) in [6.45, 7) is 0.0798. The molecule has 0 atom stereocenters. The molecule has 0 spiro atoms. The number of nitrogens with zero attached hydrogens (tertiary/aromatic N) is 4. The lowest BCUT2D eigenvalue weighted by molar-refractivity contribution is 0.0600. The average molecular weight is 342 g/mol. The smallest absolute Gasteiger partial charge is 0.337 e. The Morgan fingerprint density at radius 2 is 2.24 bits per heavy atom. The van der Waals surface area contributed by atoms with Gasteiger partial charge >= 0.3 is 5.97 Å². The molecule has 0 aliphatic heterocycles. The summed E-state index contributed by atoms with van der Waals surface area (Å²) in [7, 11) is 1.27. The van der Waals surface area contributed by atoms with Crippen LogP contribution < -0.4 is 11.1 Å². The Bertz CT molecular complexity index is 898. The summed E-state index contributed by atoms with van der Waals surface area (Å²) in [6, 6.07) is 5.73. The van der Waals surface area contributed by atoms with Crippen LogP contribution in [0.25, 0.3) is 5.82 Å². The van der Waals surface area contributed by atoms with E-state index in [-0.39, 0.29) is 23.4 Å². The molecule has 2 heterocycles. The van der Waals surface area contributed by atoms with Gasteiger partial charge in [-0.2, -0.15) is 5.10 Å². The summed E-state index contributed by atoms with van der Waals surface area (Å²) in [4.78, 5) is 19.7. The molecule has 0 fully saturated rings. The minimum atomic E-state index is -0.538. The van der Waals surface area contributed by atoms with E-state index in [1.54, 1.807) is 18.5 Å². The van der Waals surface area contributed by atoms with Crippen LogP contribution in [0.4, 0.5) is 15.9 Å². The number of halogens is 1. The van der Waals surface area contributed by atoms with Gasteiger partial charge in [-0.15, -0.1) is 0 Å². The fourth-order valence-electron chi connectivity index (χ4n) is 2.24. The van der Waals surface area contributed by atoms with Gasteiger partial charge in [0.15, 0.2) is 11.6 Å².